The third kappa shape index (κ3) is 3.70. The molecule has 0 radical (unpaired) electrons. The molecule has 94 valence electrons. The van der Waals surface area contributed by atoms with Gasteiger partial charge in [-0.25, -0.2) is 4.98 Å². The van der Waals surface area contributed by atoms with E-state index in [-0.39, 0.29) is 12.4 Å². The van der Waals surface area contributed by atoms with Gasteiger partial charge in [-0.2, -0.15) is 4.39 Å². The number of nitrogens with zero attached hydrogens (tertiary/aromatic N) is 1. The summed E-state index contributed by atoms with van der Waals surface area (Å²) in [6.45, 7) is 0.606. The lowest BCUT2D eigenvalue weighted by Crippen LogP contribution is -2.09. The quantitative estimate of drug-likeness (QED) is 0.626. The van der Waals surface area contributed by atoms with Crippen LogP contribution in [0.25, 0.3) is 0 Å². The number of rotatable bonds is 5. The molecule has 3 nitrogen and oxygen atoms in total. The van der Waals surface area contributed by atoms with Crippen LogP contribution in [0.4, 0.5) is 4.39 Å². The highest BCUT2D eigenvalue weighted by molar-refractivity contribution is 9.10. The van der Waals surface area contributed by atoms with Crippen LogP contribution in [0.3, 0.4) is 0 Å². The van der Waals surface area contributed by atoms with Crippen molar-refractivity contribution in [3.63, 3.8) is 0 Å². The van der Waals surface area contributed by atoms with Gasteiger partial charge in [0, 0.05) is 10.7 Å². The molecule has 0 N–H and O–H groups in total. The number of hydrogen-bond donors (Lipinski definition) is 0. The van der Waals surface area contributed by atoms with Crippen LogP contribution in [-0.2, 0) is 0 Å². The molecule has 1 aromatic carbocycles. The number of benzene rings is 1. The zero-order valence-electron chi connectivity index (χ0n) is 9.48. The van der Waals surface area contributed by atoms with Crippen LogP contribution < -0.4 is 9.47 Å². The maximum atomic E-state index is 13.1. The highest BCUT2D eigenvalue weighted by Gasteiger charge is 2.02. The van der Waals surface area contributed by atoms with Gasteiger partial charge in [0.15, 0.2) is 5.75 Å². The Balaban J connectivity index is 1.76. The lowest BCUT2D eigenvalue weighted by Gasteiger charge is -2.08. The fraction of sp³-hybridized carbons (Fsp3) is 0.154. The molecule has 0 spiro atoms. The monoisotopic (exact) mass is 311 g/mol. The largest absolute Gasteiger partial charge is 0.490 e. The summed E-state index contributed by atoms with van der Waals surface area (Å²) in [7, 11) is 0. The second-order valence-electron chi connectivity index (χ2n) is 3.44. The van der Waals surface area contributed by atoms with Gasteiger partial charge >= 0.3 is 0 Å². The molecule has 0 bridgehead atoms. The van der Waals surface area contributed by atoms with E-state index < -0.39 is 5.95 Å². The van der Waals surface area contributed by atoms with Gasteiger partial charge in [-0.15, -0.1) is 0 Å². The van der Waals surface area contributed by atoms with Crippen molar-refractivity contribution in [3.05, 3.63) is 53.0 Å². The molecule has 5 heteroatoms. The molecular weight excluding hydrogens is 301 g/mol. The summed E-state index contributed by atoms with van der Waals surface area (Å²) < 4.78 is 24.7. The number of hydrogen-bond acceptors (Lipinski definition) is 3. The van der Waals surface area contributed by atoms with E-state index in [1.54, 1.807) is 6.07 Å². The summed E-state index contributed by atoms with van der Waals surface area (Å²) in [6.07, 6.45) is 1.38. The fourth-order valence-corrected chi connectivity index (χ4v) is 1.59. The van der Waals surface area contributed by atoms with Gasteiger partial charge in [-0.05, 0) is 36.4 Å². The number of halogens is 2. The Morgan fingerprint density at radius 2 is 1.78 bits per heavy atom. The summed E-state index contributed by atoms with van der Waals surface area (Å²) in [5.41, 5.74) is 0. The maximum Gasteiger partial charge on any atom is 0.255 e. The molecule has 0 aliphatic heterocycles. The molecule has 0 amide bonds. The molecule has 18 heavy (non-hydrogen) atoms. The van der Waals surface area contributed by atoms with Crippen LogP contribution in [0.2, 0.25) is 0 Å². The van der Waals surface area contributed by atoms with Gasteiger partial charge in [0.1, 0.15) is 19.0 Å². The Labute approximate surface area is 113 Å². The SMILES string of the molecule is Fc1ncccc1OCCOc1ccc(Br)cc1. The van der Waals surface area contributed by atoms with E-state index in [1.807, 2.05) is 24.3 Å². The second-order valence-corrected chi connectivity index (χ2v) is 4.36. The summed E-state index contributed by atoms with van der Waals surface area (Å²) in [6, 6.07) is 10.6. The van der Waals surface area contributed by atoms with Crippen molar-refractivity contribution >= 4 is 15.9 Å². The number of ether oxygens (including phenoxy) is 2. The fourth-order valence-electron chi connectivity index (χ4n) is 1.32. The van der Waals surface area contributed by atoms with Crippen molar-refractivity contribution < 1.29 is 13.9 Å². The van der Waals surface area contributed by atoms with E-state index in [9.17, 15) is 4.39 Å². The Bertz CT molecular complexity index is 505. The van der Waals surface area contributed by atoms with Gasteiger partial charge in [0.25, 0.3) is 5.95 Å². The minimum absolute atomic E-state index is 0.136. The van der Waals surface area contributed by atoms with E-state index in [2.05, 4.69) is 20.9 Å². The third-order valence-corrected chi connectivity index (χ3v) is 2.68. The van der Waals surface area contributed by atoms with Crippen molar-refractivity contribution in [1.82, 2.24) is 4.98 Å². The van der Waals surface area contributed by atoms with Crippen LogP contribution in [0.1, 0.15) is 0 Å². The molecule has 2 aromatic rings. The molecule has 0 saturated heterocycles. The summed E-state index contributed by atoms with van der Waals surface area (Å²) in [5.74, 6) is 0.270. The first kappa shape index (κ1) is 12.8. The average molecular weight is 312 g/mol. The highest BCUT2D eigenvalue weighted by atomic mass is 79.9. The van der Waals surface area contributed by atoms with Crippen molar-refractivity contribution in [3.8, 4) is 11.5 Å². The maximum absolute atomic E-state index is 13.1. The molecule has 2 rings (SSSR count). The minimum atomic E-state index is -0.610. The van der Waals surface area contributed by atoms with Crippen LogP contribution in [0, 0.1) is 5.95 Å². The van der Waals surface area contributed by atoms with Crippen molar-refractivity contribution in [2.75, 3.05) is 13.2 Å². The Hall–Kier alpha value is -1.62. The number of pyridine rings is 1. The molecule has 0 aliphatic carbocycles. The molecule has 0 unspecified atom stereocenters. The van der Waals surface area contributed by atoms with E-state index in [0.717, 1.165) is 10.2 Å². The van der Waals surface area contributed by atoms with E-state index in [4.69, 9.17) is 9.47 Å². The first-order valence-corrected chi connectivity index (χ1v) is 6.17. The Morgan fingerprint density at radius 3 is 2.50 bits per heavy atom. The van der Waals surface area contributed by atoms with Crippen LogP contribution >= 0.6 is 15.9 Å². The Morgan fingerprint density at radius 1 is 1.06 bits per heavy atom. The molecule has 1 heterocycles. The molecule has 0 atom stereocenters. The van der Waals surface area contributed by atoms with Crippen LogP contribution in [-0.4, -0.2) is 18.2 Å². The van der Waals surface area contributed by atoms with E-state index in [1.165, 1.54) is 12.3 Å². The van der Waals surface area contributed by atoms with Crippen molar-refractivity contribution in [2.45, 2.75) is 0 Å². The van der Waals surface area contributed by atoms with Gasteiger partial charge in [-0.3, -0.25) is 0 Å². The normalized spacial score (nSPS) is 10.1. The van der Waals surface area contributed by atoms with Crippen LogP contribution in [0.5, 0.6) is 11.5 Å². The average Bonchev–Trinajstić information content (AvgIpc) is 2.39. The summed E-state index contributed by atoms with van der Waals surface area (Å²) in [4.78, 5) is 3.49. The number of aromatic nitrogens is 1. The lowest BCUT2D eigenvalue weighted by molar-refractivity contribution is 0.210. The molecule has 0 aliphatic rings. The predicted octanol–water partition coefficient (Wildman–Crippen LogP) is 3.44. The second kappa shape index (κ2) is 6.35. The first-order valence-electron chi connectivity index (χ1n) is 5.37. The van der Waals surface area contributed by atoms with Gasteiger partial charge < -0.3 is 9.47 Å². The lowest BCUT2D eigenvalue weighted by atomic mass is 10.3. The van der Waals surface area contributed by atoms with Gasteiger partial charge in [-0.1, -0.05) is 15.9 Å². The summed E-state index contributed by atoms with van der Waals surface area (Å²) >= 11 is 3.34. The van der Waals surface area contributed by atoms with Gasteiger partial charge in [0.2, 0.25) is 0 Å². The molecule has 0 saturated carbocycles. The third-order valence-electron chi connectivity index (χ3n) is 2.15. The van der Waals surface area contributed by atoms with E-state index >= 15 is 0 Å². The standard InChI is InChI=1S/C13H11BrFNO2/c14-10-3-5-11(6-4-10)17-8-9-18-12-2-1-7-16-13(12)15/h1-7H,8-9H2. The summed E-state index contributed by atoms with van der Waals surface area (Å²) in [5, 5.41) is 0. The predicted molar refractivity (Wildman–Crippen MR) is 69.3 cm³/mol. The zero-order chi connectivity index (χ0) is 12.8. The molecule has 0 fully saturated rings. The topological polar surface area (TPSA) is 31.4 Å². The van der Waals surface area contributed by atoms with Gasteiger partial charge in [0.05, 0.1) is 0 Å². The van der Waals surface area contributed by atoms with Crippen LogP contribution in [0.15, 0.2) is 47.1 Å². The smallest absolute Gasteiger partial charge is 0.255 e. The van der Waals surface area contributed by atoms with Crippen molar-refractivity contribution in [2.24, 2.45) is 0 Å². The molecule has 1 aromatic heterocycles. The van der Waals surface area contributed by atoms with Crippen molar-refractivity contribution in [1.29, 1.82) is 0 Å². The minimum Gasteiger partial charge on any atom is -0.490 e. The highest BCUT2D eigenvalue weighted by Crippen LogP contribution is 2.16. The Kier molecular flexibility index (Phi) is 4.52. The molecular formula is C13H11BrFNO2. The van der Waals surface area contributed by atoms with E-state index in [0.29, 0.717) is 6.61 Å². The first-order chi connectivity index (χ1) is 8.75. The zero-order valence-corrected chi connectivity index (χ0v) is 11.1.